The SMILES string of the molecule is Cc1ccc(S(=O)(=O)NC[C@@H]2CCc3ncc(-c4cnn(C)c4)n32)cc1. The van der Waals surface area contributed by atoms with Gasteiger partial charge in [0.25, 0.3) is 0 Å². The molecule has 0 unspecified atom stereocenters. The Labute approximate surface area is 152 Å². The number of imidazole rings is 1. The predicted molar refractivity (Wildman–Crippen MR) is 98.2 cm³/mol. The minimum Gasteiger partial charge on any atom is -0.323 e. The molecule has 1 aliphatic heterocycles. The topological polar surface area (TPSA) is 81.8 Å². The Balaban J connectivity index is 1.55. The first kappa shape index (κ1) is 17.0. The van der Waals surface area contributed by atoms with E-state index in [1.807, 2.05) is 26.4 Å². The molecule has 0 bridgehead atoms. The summed E-state index contributed by atoms with van der Waals surface area (Å²) in [5.41, 5.74) is 2.99. The Bertz CT molecular complexity index is 1030. The van der Waals surface area contributed by atoms with Crippen LogP contribution < -0.4 is 4.72 Å². The molecule has 0 saturated heterocycles. The highest BCUT2D eigenvalue weighted by Gasteiger charge is 2.28. The van der Waals surface area contributed by atoms with Gasteiger partial charge in [0.2, 0.25) is 10.0 Å². The summed E-state index contributed by atoms with van der Waals surface area (Å²) < 4.78 is 31.8. The van der Waals surface area contributed by atoms with Crippen LogP contribution in [0, 0.1) is 6.92 Å². The Kier molecular flexibility index (Phi) is 4.16. The number of sulfonamides is 1. The molecule has 1 aliphatic rings. The van der Waals surface area contributed by atoms with Gasteiger partial charge in [0.1, 0.15) is 5.82 Å². The van der Waals surface area contributed by atoms with Crippen molar-refractivity contribution in [3.63, 3.8) is 0 Å². The zero-order chi connectivity index (χ0) is 18.3. The van der Waals surface area contributed by atoms with Crippen LogP contribution >= 0.6 is 0 Å². The zero-order valence-corrected chi connectivity index (χ0v) is 15.6. The second-order valence-electron chi connectivity index (χ2n) is 6.69. The molecule has 2 aromatic heterocycles. The summed E-state index contributed by atoms with van der Waals surface area (Å²) in [6.45, 7) is 2.27. The minimum absolute atomic E-state index is 0.0444. The number of fused-ring (bicyclic) bond motifs is 1. The Hall–Kier alpha value is -2.45. The lowest BCUT2D eigenvalue weighted by Gasteiger charge is -2.17. The molecule has 1 N–H and O–H groups in total. The average Bonchev–Trinajstić information content (AvgIpc) is 3.30. The first-order chi connectivity index (χ1) is 12.4. The summed E-state index contributed by atoms with van der Waals surface area (Å²) in [5, 5.41) is 4.22. The molecule has 136 valence electrons. The molecule has 0 saturated carbocycles. The molecular formula is C18H21N5O2S. The van der Waals surface area contributed by atoms with Crippen molar-refractivity contribution in [1.82, 2.24) is 24.1 Å². The maximum absolute atomic E-state index is 12.6. The predicted octanol–water partition coefficient (Wildman–Crippen LogP) is 2.06. The van der Waals surface area contributed by atoms with Crippen LogP contribution in [-0.2, 0) is 23.5 Å². The van der Waals surface area contributed by atoms with Crippen molar-refractivity contribution in [2.24, 2.45) is 7.05 Å². The van der Waals surface area contributed by atoms with E-state index < -0.39 is 10.0 Å². The van der Waals surface area contributed by atoms with Gasteiger partial charge < -0.3 is 4.57 Å². The van der Waals surface area contributed by atoms with Crippen molar-refractivity contribution in [2.45, 2.75) is 30.7 Å². The van der Waals surface area contributed by atoms with Crippen LogP contribution in [0.3, 0.4) is 0 Å². The minimum atomic E-state index is -3.52. The third-order valence-electron chi connectivity index (χ3n) is 4.78. The van der Waals surface area contributed by atoms with Gasteiger partial charge in [0, 0.05) is 37.8 Å². The van der Waals surface area contributed by atoms with Crippen LogP contribution in [0.15, 0.2) is 47.8 Å². The van der Waals surface area contributed by atoms with Crippen LogP contribution in [0.4, 0.5) is 0 Å². The monoisotopic (exact) mass is 371 g/mol. The van der Waals surface area contributed by atoms with E-state index in [-0.39, 0.29) is 6.04 Å². The number of hydrogen-bond acceptors (Lipinski definition) is 4. The van der Waals surface area contributed by atoms with Gasteiger partial charge >= 0.3 is 0 Å². The number of rotatable bonds is 5. The van der Waals surface area contributed by atoms with Crippen LogP contribution in [0.25, 0.3) is 11.3 Å². The quantitative estimate of drug-likeness (QED) is 0.744. The van der Waals surface area contributed by atoms with E-state index in [1.165, 1.54) is 0 Å². The molecule has 0 fully saturated rings. The van der Waals surface area contributed by atoms with Crippen molar-refractivity contribution >= 4 is 10.0 Å². The van der Waals surface area contributed by atoms with Gasteiger partial charge in [0.15, 0.2) is 0 Å². The first-order valence-electron chi connectivity index (χ1n) is 8.55. The van der Waals surface area contributed by atoms with Gasteiger partial charge in [-0.25, -0.2) is 18.1 Å². The molecule has 3 heterocycles. The fraction of sp³-hybridized carbons (Fsp3) is 0.333. The number of nitrogens with one attached hydrogen (secondary N) is 1. The Morgan fingerprint density at radius 1 is 1.23 bits per heavy atom. The highest BCUT2D eigenvalue weighted by molar-refractivity contribution is 7.89. The smallest absolute Gasteiger partial charge is 0.240 e. The lowest BCUT2D eigenvalue weighted by molar-refractivity contribution is 0.510. The summed E-state index contributed by atoms with van der Waals surface area (Å²) in [7, 11) is -1.65. The molecule has 26 heavy (non-hydrogen) atoms. The molecule has 0 aliphatic carbocycles. The van der Waals surface area contributed by atoms with E-state index in [0.29, 0.717) is 11.4 Å². The van der Waals surface area contributed by atoms with Crippen molar-refractivity contribution in [1.29, 1.82) is 0 Å². The highest BCUT2D eigenvalue weighted by Crippen LogP contribution is 2.32. The lowest BCUT2D eigenvalue weighted by atomic mass is 10.2. The second-order valence-corrected chi connectivity index (χ2v) is 8.46. The third kappa shape index (κ3) is 3.06. The number of nitrogens with zero attached hydrogens (tertiary/aromatic N) is 4. The number of benzene rings is 1. The van der Waals surface area contributed by atoms with Gasteiger partial charge in [-0.15, -0.1) is 0 Å². The summed E-state index contributed by atoms with van der Waals surface area (Å²) in [5.74, 6) is 0.989. The molecule has 3 aromatic rings. The molecule has 1 aromatic carbocycles. The van der Waals surface area contributed by atoms with Crippen LogP contribution in [-0.4, -0.2) is 34.3 Å². The average molecular weight is 371 g/mol. The lowest BCUT2D eigenvalue weighted by Crippen LogP contribution is -2.30. The van der Waals surface area contributed by atoms with Gasteiger partial charge in [-0.1, -0.05) is 17.7 Å². The second kappa shape index (κ2) is 6.37. The van der Waals surface area contributed by atoms with E-state index in [4.69, 9.17) is 0 Å². The summed E-state index contributed by atoms with van der Waals surface area (Å²) >= 11 is 0. The standard InChI is InChI=1S/C18H21N5O2S/c1-13-3-6-16(7-4-13)26(24,25)21-10-15-5-8-18-19-11-17(23(15)18)14-9-20-22(2)12-14/h3-4,6-7,9,11-12,15,21H,5,8,10H2,1-2H3/t15-/m0/s1. The fourth-order valence-electron chi connectivity index (χ4n) is 3.38. The number of hydrogen-bond donors (Lipinski definition) is 1. The van der Waals surface area contributed by atoms with Crippen molar-refractivity contribution in [3.05, 3.63) is 54.2 Å². The van der Waals surface area contributed by atoms with Crippen LogP contribution in [0.1, 0.15) is 23.9 Å². The van der Waals surface area contributed by atoms with E-state index >= 15 is 0 Å². The van der Waals surface area contributed by atoms with Gasteiger partial charge in [-0.05, 0) is 25.5 Å². The van der Waals surface area contributed by atoms with E-state index in [2.05, 4.69) is 19.4 Å². The Morgan fingerprint density at radius 3 is 2.69 bits per heavy atom. The fourth-order valence-corrected chi connectivity index (χ4v) is 4.46. The van der Waals surface area contributed by atoms with E-state index in [0.717, 1.165) is 35.5 Å². The number of aryl methyl sites for hydroxylation is 3. The molecule has 0 spiro atoms. The highest BCUT2D eigenvalue weighted by atomic mass is 32.2. The molecule has 4 rings (SSSR count). The summed E-state index contributed by atoms with van der Waals surface area (Å²) in [6.07, 6.45) is 7.29. The number of aromatic nitrogens is 4. The van der Waals surface area contributed by atoms with Gasteiger partial charge in [-0.2, -0.15) is 5.10 Å². The Morgan fingerprint density at radius 2 is 2.00 bits per heavy atom. The molecular weight excluding hydrogens is 350 g/mol. The molecule has 1 atom stereocenters. The van der Waals surface area contributed by atoms with Crippen molar-refractivity contribution < 1.29 is 8.42 Å². The van der Waals surface area contributed by atoms with Crippen molar-refractivity contribution in [3.8, 4) is 11.3 Å². The van der Waals surface area contributed by atoms with E-state index in [1.54, 1.807) is 35.1 Å². The van der Waals surface area contributed by atoms with Crippen LogP contribution in [0.5, 0.6) is 0 Å². The normalized spacial score (nSPS) is 16.8. The van der Waals surface area contributed by atoms with E-state index in [9.17, 15) is 8.42 Å². The molecule has 0 radical (unpaired) electrons. The zero-order valence-electron chi connectivity index (χ0n) is 14.8. The maximum atomic E-state index is 12.6. The summed E-state index contributed by atoms with van der Waals surface area (Å²) in [6, 6.07) is 6.92. The van der Waals surface area contributed by atoms with Gasteiger partial charge in [0.05, 0.1) is 23.0 Å². The molecule has 7 nitrogen and oxygen atoms in total. The van der Waals surface area contributed by atoms with Crippen molar-refractivity contribution in [2.75, 3.05) is 6.54 Å². The van der Waals surface area contributed by atoms with Crippen LogP contribution in [0.2, 0.25) is 0 Å². The summed E-state index contributed by atoms with van der Waals surface area (Å²) in [4.78, 5) is 4.78. The molecule has 8 heteroatoms. The van der Waals surface area contributed by atoms with Gasteiger partial charge in [-0.3, -0.25) is 4.68 Å². The molecule has 0 amide bonds. The first-order valence-corrected chi connectivity index (χ1v) is 10.0. The largest absolute Gasteiger partial charge is 0.323 e. The maximum Gasteiger partial charge on any atom is 0.240 e. The third-order valence-corrected chi connectivity index (χ3v) is 6.22.